The lowest BCUT2D eigenvalue weighted by atomic mass is 10.0. The van der Waals surface area contributed by atoms with Crippen LogP contribution in [0.5, 0.6) is 0 Å². The molecule has 0 saturated carbocycles. The van der Waals surface area contributed by atoms with Crippen molar-refractivity contribution in [3.05, 3.63) is 83.4 Å². The average Bonchev–Trinajstić information content (AvgIpc) is 3.41. The van der Waals surface area contributed by atoms with Crippen molar-refractivity contribution in [2.24, 2.45) is 0 Å². The number of rotatable bonds is 5. The number of aromatic amines is 1. The van der Waals surface area contributed by atoms with Gasteiger partial charge >= 0.3 is 0 Å². The summed E-state index contributed by atoms with van der Waals surface area (Å²) in [5, 5.41) is 22.4. The molecule has 1 N–H and O–H groups in total. The summed E-state index contributed by atoms with van der Waals surface area (Å²) in [6.07, 6.45) is 1.39. The maximum atomic E-state index is 13.0. The second-order valence-corrected chi connectivity index (χ2v) is 6.32. The molecule has 0 spiro atoms. The molecule has 9 heteroatoms. The molecule has 0 radical (unpaired) electrons. The van der Waals surface area contributed by atoms with Crippen molar-refractivity contribution in [3.63, 3.8) is 0 Å². The highest BCUT2D eigenvalue weighted by Gasteiger charge is 2.30. The van der Waals surface area contributed by atoms with Gasteiger partial charge in [-0.15, -0.1) is 5.10 Å². The number of aromatic nitrogens is 7. The molecule has 2 heterocycles. The number of hydrogen-bond donors (Lipinski definition) is 1. The number of benzene rings is 2. The number of carbonyl (C=O) groups excluding carboxylic acids is 1. The van der Waals surface area contributed by atoms with Crippen LogP contribution in [0.2, 0.25) is 0 Å². The quantitative estimate of drug-likeness (QED) is 0.572. The normalized spacial score (nSPS) is 11.9. The topological polar surface area (TPSA) is 105 Å². The van der Waals surface area contributed by atoms with Crippen LogP contribution in [0.25, 0.3) is 5.69 Å². The summed E-state index contributed by atoms with van der Waals surface area (Å²) in [6.45, 7) is 1.99. The molecule has 0 saturated heterocycles. The van der Waals surface area contributed by atoms with Gasteiger partial charge in [-0.1, -0.05) is 48.5 Å². The van der Waals surface area contributed by atoms with Crippen molar-refractivity contribution in [1.82, 2.24) is 40.5 Å². The number of hydrogen-bond acceptors (Lipinski definition) is 6. The molecular formula is C19H18N8O. The standard InChI is InChI=1S/C19H18N8O/c1-13-8-6-7-11-16(13)27-18(22-24-25-27)17(14-9-4-3-5-10-14)26(2)19(28)15-12-20-23-21-15/h3-12,17H,1-2H3,(H,20,21,23)/t17-/m0/s1. The molecule has 0 aliphatic rings. The molecule has 0 aliphatic carbocycles. The summed E-state index contributed by atoms with van der Waals surface area (Å²) in [4.78, 5) is 14.5. The number of tetrazole rings is 1. The molecular weight excluding hydrogens is 356 g/mol. The number of nitrogens with one attached hydrogen (secondary N) is 1. The second-order valence-electron chi connectivity index (χ2n) is 6.32. The van der Waals surface area contributed by atoms with E-state index >= 15 is 0 Å². The highest BCUT2D eigenvalue weighted by molar-refractivity contribution is 5.92. The Morgan fingerprint density at radius 3 is 2.57 bits per heavy atom. The Morgan fingerprint density at radius 1 is 1.11 bits per heavy atom. The van der Waals surface area contributed by atoms with E-state index in [9.17, 15) is 4.79 Å². The van der Waals surface area contributed by atoms with Crippen LogP contribution in [0.1, 0.15) is 33.5 Å². The molecule has 4 rings (SSSR count). The lowest BCUT2D eigenvalue weighted by molar-refractivity contribution is 0.0742. The predicted octanol–water partition coefficient (Wildman–Crippen LogP) is 1.95. The Bertz CT molecular complexity index is 1070. The molecule has 0 unspecified atom stereocenters. The van der Waals surface area contributed by atoms with Crippen molar-refractivity contribution in [1.29, 1.82) is 0 Å². The van der Waals surface area contributed by atoms with Crippen LogP contribution in [0.15, 0.2) is 60.8 Å². The van der Waals surface area contributed by atoms with Gasteiger partial charge in [0.15, 0.2) is 11.5 Å². The van der Waals surface area contributed by atoms with E-state index in [1.54, 1.807) is 16.6 Å². The predicted molar refractivity (Wildman–Crippen MR) is 101 cm³/mol. The zero-order valence-electron chi connectivity index (χ0n) is 15.4. The minimum atomic E-state index is -0.514. The lowest BCUT2D eigenvalue weighted by Gasteiger charge is -2.27. The van der Waals surface area contributed by atoms with Gasteiger partial charge in [-0.05, 0) is 34.5 Å². The zero-order valence-corrected chi connectivity index (χ0v) is 15.4. The molecule has 2 aromatic carbocycles. The first kappa shape index (κ1) is 17.5. The van der Waals surface area contributed by atoms with Crippen molar-refractivity contribution in [3.8, 4) is 5.69 Å². The van der Waals surface area contributed by atoms with Gasteiger partial charge in [-0.2, -0.15) is 20.1 Å². The van der Waals surface area contributed by atoms with Crippen LogP contribution in [0, 0.1) is 6.92 Å². The summed E-state index contributed by atoms with van der Waals surface area (Å²) in [5.41, 5.74) is 2.98. The van der Waals surface area contributed by atoms with Crippen LogP contribution in [-0.4, -0.2) is 53.5 Å². The van der Waals surface area contributed by atoms with Gasteiger partial charge in [0.2, 0.25) is 0 Å². The number of aryl methyl sites for hydroxylation is 1. The molecule has 9 nitrogen and oxygen atoms in total. The molecule has 4 aromatic rings. The number of para-hydroxylation sites is 1. The van der Waals surface area contributed by atoms with Gasteiger partial charge in [0.05, 0.1) is 11.9 Å². The molecule has 0 bridgehead atoms. The van der Waals surface area contributed by atoms with Gasteiger partial charge in [0.25, 0.3) is 5.91 Å². The third-order valence-electron chi connectivity index (χ3n) is 4.54. The maximum absolute atomic E-state index is 13.0. The molecule has 2 aromatic heterocycles. The van der Waals surface area contributed by atoms with Crippen LogP contribution >= 0.6 is 0 Å². The largest absolute Gasteiger partial charge is 0.326 e. The van der Waals surface area contributed by atoms with Crippen molar-refractivity contribution >= 4 is 5.91 Å². The van der Waals surface area contributed by atoms with Gasteiger partial charge in [-0.3, -0.25) is 4.79 Å². The first-order chi connectivity index (χ1) is 13.7. The van der Waals surface area contributed by atoms with Gasteiger partial charge in [-0.25, -0.2) is 0 Å². The fraction of sp³-hybridized carbons (Fsp3) is 0.158. The first-order valence-electron chi connectivity index (χ1n) is 8.69. The lowest BCUT2D eigenvalue weighted by Crippen LogP contribution is -2.34. The highest BCUT2D eigenvalue weighted by atomic mass is 16.2. The van der Waals surface area contributed by atoms with E-state index < -0.39 is 6.04 Å². The Labute approximate surface area is 161 Å². The van der Waals surface area contributed by atoms with Crippen molar-refractivity contribution in [2.75, 3.05) is 7.05 Å². The summed E-state index contributed by atoms with van der Waals surface area (Å²) < 4.78 is 1.67. The van der Waals surface area contributed by atoms with E-state index in [1.165, 1.54) is 6.20 Å². The SMILES string of the molecule is Cc1ccccc1-n1nnnc1[C@H](c1ccccc1)N(C)C(=O)c1cn[nH]n1. The monoisotopic (exact) mass is 374 g/mol. The van der Waals surface area contributed by atoms with E-state index in [0.717, 1.165) is 16.8 Å². The fourth-order valence-electron chi connectivity index (χ4n) is 3.12. The Balaban J connectivity index is 1.83. The van der Waals surface area contributed by atoms with E-state index in [2.05, 4.69) is 30.9 Å². The zero-order chi connectivity index (χ0) is 19.5. The van der Waals surface area contributed by atoms with Crippen molar-refractivity contribution < 1.29 is 4.79 Å². The summed E-state index contributed by atoms with van der Waals surface area (Å²) >= 11 is 0. The molecule has 0 fully saturated rings. The molecule has 1 amide bonds. The molecule has 1 atom stereocenters. The minimum Gasteiger partial charge on any atom is -0.326 e. The number of amides is 1. The van der Waals surface area contributed by atoms with E-state index in [-0.39, 0.29) is 11.6 Å². The van der Waals surface area contributed by atoms with Crippen molar-refractivity contribution in [2.45, 2.75) is 13.0 Å². The minimum absolute atomic E-state index is 0.221. The maximum Gasteiger partial charge on any atom is 0.276 e. The van der Waals surface area contributed by atoms with Gasteiger partial charge < -0.3 is 4.90 Å². The number of nitrogens with zero attached hydrogens (tertiary/aromatic N) is 7. The van der Waals surface area contributed by atoms with Crippen LogP contribution in [-0.2, 0) is 0 Å². The Morgan fingerprint density at radius 2 is 1.86 bits per heavy atom. The average molecular weight is 374 g/mol. The molecule has 140 valence electrons. The van der Waals surface area contributed by atoms with Gasteiger partial charge in [0.1, 0.15) is 6.04 Å². The highest BCUT2D eigenvalue weighted by Crippen LogP contribution is 2.28. The summed E-state index contributed by atoms with van der Waals surface area (Å²) in [5.74, 6) is 0.238. The molecule has 0 aliphatic heterocycles. The van der Waals surface area contributed by atoms with E-state index in [1.807, 2.05) is 61.5 Å². The Kier molecular flexibility index (Phi) is 4.63. The third kappa shape index (κ3) is 3.13. The first-order valence-corrected chi connectivity index (χ1v) is 8.69. The summed E-state index contributed by atoms with van der Waals surface area (Å²) in [7, 11) is 1.70. The van der Waals surface area contributed by atoms with E-state index in [4.69, 9.17) is 0 Å². The van der Waals surface area contributed by atoms with Crippen LogP contribution < -0.4 is 0 Å². The van der Waals surface area contributed by atoms with Crippen LogP contribution in [0.4, 0.5) is 0 Å². The smallest absolute Gasteiger partial charge is 0.276 e. The van der Waals surface area contributed by atoms with Gasteiger partial charge in [0, 0.05) is 7.05 Å². The molecule has 28 heavy (non-hydrogen) atoms. The van der Waals surface area contributed by atoms with Crippen LogP contribution in [0.3, 0.4) is 0 Å². The number of carbonyl (C=O) groups is 1. The second kappa shape index (κ2) is 7.39. The third-order valence-corrected chi connectivity index (χ3v) is 4.54. The van der Waals surface area contributed by atoms with E-state index in [0.29, 0.717) is 5.82 Å². The summed E-state index contributed by atoms with van der Waals surface area (Å²) in [6, 6.07) is 16.9. The fourth-order valence-corrected chi connectivity index (χ4v) is 3.12. The Hall–Kier alpha value is -3.88. The number of H-pyrrole nitrogens is 1.